The highest BCUT2D eigenvalue weighted by atomic mass is 32.1. The quantitative estimate of drug-likeness (QED) is 0.171. The van der Waals surface area contributed by atoms with Crippen LogP contribution in [0.4, 0.5) is 0 Å². The van der Waals surface area contributed by atoms with E-state index < -0.39 is 0 Å². The smallest absolute Gasteiger partial charge is 0.164 e. The minimum atomic E-state index is 0.638. The van der Waals surface area contributed by atoms with E-state index in [1.807, 2.05) is 35.6 Å². The maximum absolute atomic E-state index is 5.21. The number of para-hydroxylation sites is 1. The highest BCUT2D eigenvalue weighted by molar-refractivity contribution is 7.25. The minimum absolute atomic E-state index is 0.638. The van der Waals surface area contributed by atoms with Crippen LogP contribution in [0.2, 0.25) is 0 Å². The monoisotopic (exact) mass is 732 g/mol. The molecule has 0 atom stereocenters. The Bertz CT molecular complexity index is 3220. The van der Waals surface area contributed by atoms with E-state index in [9.17, 15) is 0 Å². The molecule has 0 amide bonds. The number of fused-ring (bicyclic) bond motifs is 6. The van der Waals surface area contributed by atoms with Crippen molar-refractivity contribution in [2.24, 2.45) is 0 Å². The van der Waals surface area contributed by atoms with Crippen LogP contribution in [0.25, 0.3) is 104 Å². The summed E-state index contributed by atoms with van der Waals surface area (Å²) in [5.74, 6) is 1.92. The molecule has 11 aromatic rings. The normalized spacial score (nSPS) is 11.6. The summed E-state index contributed by atoms with van der Waals surface area (Å²) in [7, 11) is 0. The molecule has 0 aliphatic rings. The van der Waals surface area contributed by atoms with E-state index in [0.717, 1.165) is 49.7 Å². The second-order valence-corrected chi connectivity index (χ2v) is 15.1. The summed E-state index contributed by atoms with van der Waals surface area (Å²) in [6.07, 6.45) is 0. The summed E-state index contributed by atoms with van der Waals surface area (Å²) >= 11 is 1.85. The van der Waals surface area contributed by atoms with Gasteiger partial charge in [-0.15, -0.1) is 11.3 Å². The fraction of sp³-hybridized carbons (Fsp3) is 0. The fourth-order valence-corrected chi connectivity index (χ4v) is 9.05. The highest BCUT2D eigenvalue weighted by Gasteiger charge is 2.20. The molecule has 0 unspecified atom stereocenters. The Balaban J connectivity index is 1.10. The molecule has 4 nitrogen and oxygen atoms in total. The number of nitrogens with zero attached hydrogens (tertiary/aromatic N) is 4. The summed E-state index contributed by atoms with van der Waals surface area (Å²) in [4.78, 5) is 15.4. The van der Waals surface area contributed by atoms with Crippen LogP contribution < -0.4 is 0 Å². The van der Waals surface area contributed by atoms with Gasteiger partial charge < -0.3 is 4.57 Å². The van der Waals surface area contributed by atoms with Gasteiger partial charge in [-0.2, -0.15) is 0 Å². The third-order valence-electron chi connectivity index (χ3n) is 10.7. The van der Waals surface area contributed by atoms with E-state index in [-0.39, 0.29) is 0 Å². The van der Waals surface area contributed by atoms with Gasteiger partial charge in [0.15, 0.2) is 17.5 Å². The maximum Gasteiger partial charge on any atom is 0.164 e. The molecule has 3 aromatic heterocycles. The predicted octanol–water partition coefficient (Wildman–Crippen LogP) is 13.7. The molecule has 0 aliphatic heterocycles. The lowest BCUT2D eigenvalue weighted by Gasteiger charge is -2.11. The molecule has 0 fully saturated rings. The second-order valence-electron chi connectivity index (χ2n) is 14.0. The van der Waals surface area contributed by atoms with Crippen molar-refractivity contribution in [2.45, 2.75) is 0 Å². The Morgan fingerprint density at radius 1 is 0.339 bits per heavy atom. The number of benzene rings is 8. The van der Waals surface area contributed by atoms with E-state index >= 15 is 0 Å². The molecule has 0 aliphatic carbocycles. The van der Waals surface area contributed by atoms with Crippen molar-refractivity contribution in [3.05, 3.63) is 194 Å². The molecule has 262 valence electrons. The summed E-state index contributed by atoms with van der Waals surface area (Å²) in [5.41, 5.74) is 11.0. The van der Waals surface area contributed by atoms with Crippen LogP contribution in [0.1, 0.15) is 0 Å². The van der Waals surface area contributed by atoms with Gasteiger partial charge in [0.25, 0.3) is 0 Å². The predicted molar refractivity (Wildman–Crippen MR) is 234 cm³/mol. The topological polar surface area (TPSA) is 43.6 Å². The number of aromatic nitrogens is 4. The zero-order valence-electron chi connectivity index (χ0n) is 30.2. The van der Waals surface area contributed by atoms with Crippen LogP contribution in [0, 0.1) is 0 Å². The van der Waals surface area contributed by atoms with Gasteiger partial charge in [0.05, 0.1) is 11.0 Å². The molecule has 11 rings (SSSR count). The van der Waals surface area contributed by atoms with Gasteiger partial charge in [0.1, 0.15) is 0 Å². The Labute approximate surface area is 327 Å². The summed E-state index contributed by atoms with van der Waals surface area (Å²) in [5, 5.41) is 4.79. The maximum atomic E-state index is 5.21. The van der Waals surface area contributed by atoms with Crippen molar-refractivity contribution in [1.29, 1.82) is 0 Å². The Hall–Kier alpha value is -7.21. The van der Waals surface area contributed by atoms with Crippen molar-refractivity contribution < 1.29 is 0 Å². The summed E-state index contributed by atoms with van der Waals surface area (Å²) in [6, 6.07) is 68.6. The van der Waals surface area contributed by atoms with Crippen molar-refractivity contribution >= 4 is 53.3 Å². The molecule has 3 heterocycles. The number of hydrogen-bond acceptors (Lipinski definition) is 4. The van der Waals surface area contributed by atoms with Gasteiger partial charge in [-0.3, -0.25) is 0 Å². The standard InChI is InChI=1S/C51H32N4S/c1-4-13-33(14-5-1)35-23-25-37(26-24-35)50-52-49(36-17-8-3-9-18-36)53-51(54-50)41-20-12-22-45-48(41)40-19-10-11-21-44(40)55(45)39-28-30-47-43(32-39)42-31-38(27-29-46(42)56-47)34-15-6-2-7-16-34/h1-32H. The largest absolute Gasteiger partial charge is 0.309 e. The van der Waals surface area contributed by atoms with E-state index in [1.165, 1.54) is 36.9 Å². The fourth-order valence-electron chi connectivity index (χ4n) is 7.98. The van der Waals surface area contributed by atoms with Crippen molar-refractivity contribution in [3.8, 4) is 62.1 Å². The third-order valence-corrected chi connectivity index (χ3v) is 11.8. The molecule has 0 saturated carbocycles. The van der Waals surface area contributed by atoms with E-state index in [4.69, 9.17) is 15.0 Å². The molecule has 8 aromatic carbocycles. The molecule has 0 radical (unpaired) electrons. The summed E-state index contributed by atoms with van der Waals surface area (Å²) < 4.78 is 4.95. The average Bonchev–Trinajstić information content (AvgIpc) is 3.82. The zero-order valence-corrected chi connectivity index (χ0v) is 31.0. The first-order chi connectivity index (χ1) is 27.7. The van der Waals surface area contributed by atoms with E-state index in [2.05, 4.69) is 174 Å². The number of rotatable bonds is 6. The SMILES string of the molecule is c1ccc(-c2ccc(-c3nc(-c4ccccc4)nc(-c4cccc5c4c4ccccc4n5-c4ccc5sc6ccc(-c7ccccc7)cc6c5c4)n3)cc2)cc1. The zero-order chi connectivity index (χ0) is 37.0. The van der Waals surface area contributed by atoms with Crippen LogP contribution in [0.15, 0.2) is 194 Å². The second kappa shape index (κ2) is 13.3. The van der Waals surface area contributed by atoms with Gasteiger partial charge in [0.2, 0.25) is 0 Å². The van der Waals surface area contributed by atoms with E-state index in [0.29, 0.717) is 17.5 Å². The molecule has 0 N–H and O–H groups in total. The first kappa shape index (κ1) is 32.2. The van der Waals surface area contributed by atoms with Crippen LogP contribution in [0.3, 0.4) is 0 Å². The summed E-state index contributed by atoms with van der Waals surface area (Å²) in [6.45, 7) is 0. The van der Waals surface area contributed by atoms with Gasteiger partial charge >= 0.3 is 0 Å². The molecule has 0 saturated heterocycles. The lowest BCUT2D eigenvalue weighted by Crippen LogP contribution is -2.00. The average molecular weight is 733 g/mol. The molecular weight excluding hydrogens is 701 g/mol. The van der Waals surface area contributed by atoms with Crippen LogP contribution >= 0.6 is 11.3 Å². The van der Waals surface area contributed by atoms with Gasteiger partial charge in [0, 0.05) is 53.3 Å². The van der Waals surface area contributed by atoms with Crippen LogP contribution in [0.5, 0.6) is 0 Å². The van der Waals surface area contributed by atoms with Crippen LogP contribution in [-0.2, 0) is 0 Å². The molecule has 56 heavy (non-hydrogen) atoms. The number of hydrogen-bond donors (Lipinski definition) is 0. The lowest BCUT2D eigenvalue weighted by molar-refractivity contribution is 1.08. The molecular formula is C51H32N4S. The minimum Gasteiger partial charge on any atom is -0.309 e. The van der Waals surface area contributed by atoms with Gasteiger partial charge in [-0.25, -0.2) is 15.0 Å². The number of thiophene rings is 1. The van der Waals surface area contributed by atoms with Crippen molar-refractivity contribution in [2.75, 3.05) is 0 Å². The third kappa shape index (κ3) is 5.48. The first-order valence-corrected chi connectivity index (χ1v) is 19.6. The van der Waals surface area contributed by atoms with Gasteiger partial charge in [-0.05, 0) is 64.7 Å². The van der Waals surface area contributed by atoms with Gasteiger partial charge in [-0.1, -0.05) is 152 Å². The Morgan fingerprint density at radius 3 is 1.55 bits per heavy atom. The molecule has 0 bridgehead atoms. The first-order valence-electron chi connectivity index (χ1n) is 18.8. The molecule has 0 spiro atoms. The van der Waals surface area contributed by atoms with Crippen molar-refractivity contribution in [1.82, 2.24) is 19.5 Å². The Morgan fingerprint density at radius 2 is 0.839 bits per heavy atom. The highest BCUT2D eigenvalue weighted by Crippen LogP contribution is 2.41. The van der Waals surface area contributed by atoms with Crippen LogP contribution in [-0.4, -0.2) is 19.5 Å². The lowest BCUT2D eigenvalue weighted by atomic mass is 10.0. The Kier molecular flexibility index (Phi) is 7.64. The van der Waals surface area contributed by atoms with E-state index in [1.54, 1.807) is 0 Å². The van der Waals surface area contributed by atoms with Crippen molar-refractivity contribution in [3.63, 3.8) is 0 Å². The molecule has 5 heteroatoms.